The van der Waals surface area contributed by atoms with Gasteiger partial charge in [0.2, 0.25) is 0 Å². The summed E-state index contributed by atoms with van der Waals surface area (Å²) >= 11 is 0. The van der Waals surface area contributed by atoms with Crippen molar-refractivity contribution in [2.24, 2.45) is 0 Å². The number of sulfone groups is 1. The SMILES string of the molecule is CC(C)(C)c1ccccc1S(=O)(=O)CC(F)(F)F. The minimum absolute atomic E-state index is 0.241. The van der Waals surface area contributed by atoms with Crippen LogP contribution in [0.1, 0.15) is 26.3 Å². The molecule has 0 aromatic heterocycles. The quantitative estimate of drug-likeness (QED) is 0.832. The van der Waals surface area contributed by atoms with Gasteiger partial charge in [0.05, 0.1) is 4.90 Å². The second kappa shape index (κ2) is 4.57. The summed E-state index contributed by atoms with van der Waals surface area (Å²) in [6.07, 6.45) is -4.73. The highest BCUT2D eigenvalue weighted by Gasteiger charge is 2.37. The molecule has 6 heteroatoms. The van der Waals surface area contributed by atoms with Gasteiger partial charge in [0.25, 0.3) is 0 Å². The molecule has 0 spiro atoms. The highest BCUT2D eigenvalue weighted by molar-refractivity contribution is 7.91. The van der Waals surface area contributed by atoms with E-state index >= 15 is 0 Å². The van der Waals surface area contributed by atoms with Gasteiger partial charge in [-0.25, -0.2) is 8.42 Å². The van der Waals surface area contributed by atoms with E-state index < -0.39 is 27.2 Å². The van der Waals surface area contributed by atoms with Crippen molar-refractivity contribution < 1.29 is 21.6 Å². The number of rotatable bonds is 2. The molecule has 0 aliphatic heterocycles. The molecular weight excluding hydrogens is 265 g/mol. The third kappa shape index (κ3) is 3.73. The van der Waals surface area contributed by atoms with E-state index in [0.717, 1.165) is 0 Å². The summed E-state index contributed by atoms with van der Waals surface area (Å²) in [5.74, 6) is -1.83. The summed E-state index contributed by atoms with van der Waals surface area (Å²) in [7, 11) is -4.36. The molecule has 18 heavy (non-hydrogen) atoms. The van der Waals surface area contributed by atoms with Crippen molar-refractivity contribution in [3.63, 3.8) is 0 Å². The van der Waals surface area contributed by atoms with Gasteiger partial charge in [0.1, 0.15) is 0 Å². The summed E-state index contributed by atoms with van der Waals surface area (Å²) in [5.41, 5.74) is -0.135. The number of hydrogen-bond donors (Lipinski definition) is 0. The zero-order valence-corrected chi connectivity index (χ0v) is 11.2. The van der Waals surface area contributed by atoms with Crippen LogP contribution in [0.2, 0.25) is 0 Å². The first-order valence-electron chi connectivity index (χ1n) is 5.32. The van der Waals surface area contributed by atoms with Gasteiger partial charge < -0.3 is 0 Å². The summed E-state index contributed by atoms with van der Waals surface area (Å²) in [6, 6.07) is 5.82. The summed E-state index contributed by atoms with van der Waals surface area (Å²) in [4.78, 5) is -0.241. The van der Waals surface area contributed by atoms with Crippen LogP contribution in [-0.2, 0) is 15.3 Å². The summed E-state index contributed by atoms with van der Waals surface area (Å²) in [5, 5.41) is 0. The van der Waals surface area contributed by atoms with Gasteiger partial charge in [0.15, 0.2) is 15.6 Å². The monoisotopic (exact) mass is 280 g/mol. The van der Waals surface area contributed by atoms with E-state index in [4.69, 9.17) is 0 Å². The van der Waals surface area contributed by atoms with Crippen LogP contribution >= 0.6 is 0 Å². The molecule has 0 aliphatic rings. The molecule has 0 N–H and O–H groups in total. The minimum Gasteiger partial charge on any atom is -0.223 e. The molecule has 0 saturated heterocycles. The normalized spacial score (nSPS) is 13.7. The third-order valence-electron chi connectivity index (χ3n) is 2.38. The lowest BCUT2D eigenvalue weighted by Gasteiger charge is -2.22. The van der Waals surface area contributed by atoms with Crippen molar-refractivity contribution in [2.75, 3.05) is 5.75 Å². The average molecular weight is 280 g/mol. The lowest BCUT2D eigenvalue weighted by Crippen LogP contribution is -2.25. The lowest BCUT2D eigenvalue weighted by atomic mass is 9.87. The third-order valence-corrected chi connectivity index (χ3v) is 4.12. The first-order valence-corrected chi connectivity index (χ1v) is 6.98. The van der Waals surface area contributed by atoms with Gasteiger partial charge in [-0.2, -0.15) is 13.2 Å². The number of halogens is 3. The van der Waals surface area contributed by atoms with Crippen LogP contribution in [0, 0.1) is 0 Å². The van der Waals surface area contributed by atoms with E-state index in [1.54, 1.807) is 32.9 Å². The first kappa shape index (κ1) is 15.0. The lowest BCUT2D eigenvalue weighted by molar-refractivity contribution is -0.106. The van der Waals surface area contributed by atoms with E-state index in [1.807, 2.05) is 0 Å². The largest absolute Gasteiger partial charge is 0.403 e. The molecule has 0 radical (unpaired) electrons. The topological polar surface area (TPSA) is 34.1 Å². The molecule has 0 unspecified atom stereocenters. The zero-order chi connectivity index (χ0) is 14.2. The standard InChI is InChI=1S/C12H15F3O2S/c1-11(2,3)9-6-4-5-7-10(9)18(16,17)8-12(13,14)15/h4-7H,8H2,1-3H3. The second-order valence-corrected chi connectivity index (χ2v) is 7.08. The molecule has 0 saturated carbocycles. The van der Waals surface area contributed by atoms with Crippen molar-refractivity contribution in [1.82, 2.24) is 0 Å². The van der Waals surface area contributed by atoms with Crippen molar-refractivity contribution in [3.05, 3.63) is 29.8 Å². The minimum atomic E-state index is -4.73. The Kier molecular flexibility index (Phi) is 3.81. The van der Waals surface area contributed by atoms with Crippen LogP contribution in [0.25, 0.3) is 0 Å². The van der Waals surface area contributed by atoms with Gasteiger partial charge in [-0.1, -0.05) is 39.0 Å². The Labute approximate surface area is 105 Å². The second-order valence-electron chi connectivity index (χ2n) is 5.12. The van der Waals surface area contributed by atoms with E-state index in [1.165, 1.54) is 12.1 Å². The van der Waals surface area contributed by atoms with Crippen LogP contribution in [0.3, 0.4) is 0 Å². The molecule has 0 fully saturated rings. The molecule has 0 heterocycles. The van der Waals surface area contributed by atoms with Crippen LogP contribution in [-0.4, -0.2) is 20.3 Å². The average Bonchev–Trinajstić information content (AvgIpc) is 2.12. The van der Waals surface area contributed by atoms with E-state index in [2.05, 4.69) is 0 Å². The molecule has 0 amide bonds. The van der Waals surface area contributed by atoms with Crippen molar-refractivity contribution in [2.45, 2.75) is 37.3 Å². The molecule has 1 aromatic carbocycles. The number of alkyl halides is 3. The van der Waals surface area contributed by atoms with Crippen molar-refractivity contribution in [3.8, 4) is 0 Å². The van der Waals surface area contributed by atoms with Gasteiger partial charge in [-0.15, -0.1) is 0 Å². The molecule has 1 rings (SSSR count). The summed E-state index contributed by atoms with van der Waals surface area (Å²) in [6.45, 7) is 5.28. The zero-order valence-electron chi connectivity index (χ0n) is 10.4. The first-order chi connectivity index (χ1) is 7.93. The number of benzene rings is 1. The molecular formula is C12H15F3O2S. The maximum absolute atomic E-state index is 12.3. The predicted octanol–water partition coefficient (Wildman–Crippen LogP) is 3.32. The van der Waals surface area contributed by atoms with E-state index in [0.29, 0.717) is 5.56 Å². The molecule has 1 aromatic rings. The molecule has 102 valence electrons. The molecule has 0 bridgehead atoms. The molecule has 0 aliphatic carbocycles. The Morgan fingerprint density at radius 3 is 2.00 bits per heavy atom. The predicted molar refractivity (Wildman–Crippen MR) is 63.2 cm³/mol. The fourth-order valence-electron chi connectivity index (χ4n) is 1.65. The molecule has 2 nitrogen and oxygen atoms in total. The maximum atomic E-state index is 12.3. The summed E-state index contributed by atoms with van der Waals surface area (Å²) < 4.78 is 60.4. The number of hydrogen-bond acceptors (Lipinski definition) is 2. The maximum Gasteiger partial charge on any atom is 0.403 e. The van der Waals surface area contributed by atoms with Crippen LogP contribution < -0.4 is 0 Å². The fourth-order valence-corrected chi connectivity index (χ4v) is 3.23. The Hall–Kier alpha value is -1.04. The Morgan fingerprint density at radius 1 is 1.06 bits per heavy atom. The Morgan fingerprint density at radius 2 is 1.56 bits per heavy atom. The van der Waals surface area contributed by atoms with Crippen LogP contribution in [0.5, 0.6) is 0 Å². The van der Waals surface area contributed by atoms with E-state index in [9.17, 15) is 21.6 Å². The van der Waals surface area contributed by atoms with Crippen LogP contribution in [0.4, 0.5) is 13.2 Å². The van der Waals surface area contributed by atoms with Crippen LogP contribution in [0.15, 0.2) is 29.2 Å². The van der Waals surface area contributed by atoms with Gasteiger partial charge >= 0.3 is 6.18 Å². The van der Waals surface area contributed by atoms with Crippen molar-refractivity contribution >= 4 is 9.84 Å². The van der Waals surface area contributed by atoms with Gasteiger partial charge in [-0.05, 0) is 17.0 Å². The van der Waals surface area contributed by atoms with E-state index in [-0.39, 0.29) is 4.90 Å². The van der Waals surface area contributed by atoms with Crippen molar-refractivity contribution in [1.29, 1.82) is 0 Å². The highest BCUT2D eigenvalue weighted by Crippen LogP contribution is 2.31. The smallest absolute Gasteiger partial charge is 0.223 e. The van der Waals surface area contributed by atoms with Gasteiger partial charge in [-0.3, -0.25) is 0 Å². The van der Waals surface area contributed by atoms with Gasteiger partial charge in [0, 0.05) is 0 Å². The Balaban J connectivity index is 3.35. The Bertz CT molecular complexity index is 525. The molecule has 0 atom stereocenters. The fraction of sp³-hybridized carbons (Fsp3) is 0.500. The highest BCUT2D eigenvalue weighted by atomic mass is 32.2.